The summed E-state index contributed by atoms with van der Waals surface area (Å²) in [5.41, 5.74) is 1.55. The van der Waals surface area contributed by atoms with Crippen LogP contribution in [0.2, 0.25) is 0 Å². The van der Waals surface area contributed by atoms with Crippen molar-refractivity contribution in [2.24, 2.45) is 0 Å². The van der Waals surface area contributed by atoms with Crippen LogP contribution in [0.4, 0.5) is 5.82 Å². The third-order valence-corrected chi connectivity index (χ3v) is 4.19. The number of aromatic nitrogens is 1. The van der Waals surface area contributed by atoms with E-state index in [-0.39, 0.29) is 6.61 Å². The molecule has 1 fully saturated rings. The molecule has 3 rings (SSSR count). The Kier molecular flexibility index (Phi) is 4.52. The maximum absolute atomic E-state index is 9.37. The van der Waals surface area contributed by atoms with Gasteiger partial charge in [0.15, 0.2) is 0 Å². The van der Waals surface area contributed by atoms with E-state index in [9.17, 15) is 5.26 Å². The number of pyridine rings is 1. The molecule has 0 aliphatic carbocycles. The number of piperidine rings is 1. The van der Waals surface area contributed by atoms with Gasteiger partial charge in [0.1, 0.15) is 5.82 Å². The normalized spacial score (nSPS) is 15.9. The summed E-state index contributed by atoms with van der Waals surface area (Å²) in [6.45, 7) is 2.66. The zero-order chi connectivity index (χ0) is 15.4. The van der Waals surface area contributed by atoms with Crippen LogP contribution in [0, 0.1) is 11.3 Å². The van der Waals surface area contributed by atoms with E-state index in [0.717, 1.165) is 42.7 Å². The fourth-order valence-electron chi connectivity index (χ4n) is 3.00. The number of aliphatic hydroxyl groups is 1. The number of nitriles is 1. The van der Waals surface area contributed by atoms with Crippen LogP contribution in [0.1, 0.15) is 18.4 Å². The first-order chi connectivity index (χ1) is 10.8. The summed E-state index contributed by atoms with van der Waals surface area (Å²) in [5, 5.41) is 22.5. The average molecular weight is 296 g/mol. The monoisotopic (exact) mass is 296 g/mol. The highest BCUT2D eigenvalue weighted by atomic mass is 16.3. The van der Waals surface area contributed by atoms with Crippen molar-refractivity contribution >= 4 is 16.7 Å². The lowest BCUT2D eigenvalue weighted by molar-refractivity contribution is 0.277. The zero-order valence-corrected chi connectivity index (χ0v) is 12.5. The second-order valence-electron chi connectivity index (χ2n) is 5.60. The largest absolute Gasteiger partial charge is 0.395 e. The van der Waals surface area contributed by atoms with Gasteiger partial charge in [0, 0.05) is 31.1 Å². The molecule has 0 unspecified atom stereocenters. The van der Waals surface area contributed by atoms with Gasteiger partial charge in [0.05, 0.1) is 23.8 Å². The highest BCUT2D eigenvalue weighted by molar-refractivity contribution is 5.86. The summed E-state index contributed by atoms with van der Waals surface area (Å²) in [4.78, 5) is 6.95. The Morgan fingerprint density at radius 3 is 2.82 bits per heavy atom. The molecule has 5 heteroatoms. The fourth-order valence-corrected chi connectivity index (χ4v) is 3.00. The molecule has 2 N–H and O–H groups in total. The highest BCUT2D eigenvalue weighted by Gasteiger charge is 2.20. The molecule has 1 aliphatic rings. The van der Waals surface area contributed by atoms with Gasteiger partial charge in [-0.15, -0.1) is 0 Å². The predicted octanol–water partition coefficient (Wildman–Crippen LogP) is 1.66. The maximum atomic E-state index is 9.37. The summed E-state index contributed by atoms with van der Waals surface area (Å²) in [6, 6.07) is 12.4. The fraction of sp³-hybridized carbons (Fsp3) is 0.412. The number of aliphatic hydroxyl groups excluding tert-OH is 1. The molecule has 5 nitrogen and oxygen atoms in total. The van der Waals surface area contributed by atoms with Crippen LogP contribution in [0.15, 0.2) is 30.3 Å². The maximum Gasteiger partial charge on any atom is 0.130 e. The second-order valence-corrected chi connectivity index (χ2v) is 5.60. The topological polar surface area (TPSA) is 72.2 Å². The lowest BCUT2D eigenvalue weighted by Crippen LogP contribution is -2.43. The zero-order valence-electron chi connectivity index (χ0n) is 12.5. The summed E-state index contributed by atoms with van der Waals surface area (Å²) >= 11 is 0. The molecular formula is C17H20N4O. The third kappa shape index (κ3) is 3.03. The van der Waals surface area contributed by atoms with E-state index in [2.05, 4.69) is 16.3 Å². The molecule has 0 spiro atoms. The Balaban J connectivity index is 1.79. The molecule has 114 valence electrons. The molecule has 0 atom stereocenters. The van der Waals surface area contributed by atoms with Crippen molar-refractivity contribution in [1.29, 1.82) is 5.26 Å². The summed E-state index contributed by atoms with van der Waals surface area (Å²) in [7, 11) is 0. The van der Waals surface area contributed by atoms with Crippen molar-refractivity contribution in [1.82, 2.24) is 10.3 Å². The Bertz CT molecular complexity index is 687. The molecule has 2 aromatic rings. The van der Waals surface area contributed by atoms with E-state index in [1.807, 2.05) is 30.3 Å². The van der Waals surface area contributed by atoms with Crippen LogP contribution < -0.4 is 10.2 Å². The Hall–Kier alpha value is -2.16. The number of benzene rings is 1. The molecule has 1 aliphatic heterocycles. The van der Waals surface area contributed by atoms with E-state index in [1.54, 1.807) is 0 Å². The molecular weight excluding hydrogens is 276 g/mol. The van der Waals surface area contributed by atoms with Crippen molar-refractivity contribution in [3.8, 4) is 6.07 Å². The molecule has 1 aromatic carbocycles. The van der Waals surface area contributed by atoms with Gasteiger partial charge in [-0.1, -0.05) is 18.2 Å². The number of fused-ring (bicyclic) bond motifs is 1. The van der Waals surface area contributed by atoms with E-state index in [1.165, 1.54) is 0 Å². The average Bonchev–Trinajstić information content (AvgIpc) is 2.59. The van der Waals surface area contributed by atoms with Gasteiger partial charge in [0.25, 0.3) is 0 Å². The van der Waals surface area contributed by atoms with Crippen molar-refractivity contribution in [3.63, 3.8) is 0 Å². The number of anilines is 1. The molecule has 1 aromatic heterocycles. The van der Waals surface area contributed by atoms with Gasteiger partial charge < -0.3 is 15.3 Å². The Morgan fingerprint density at radius 2 is 2.09 bits per heavy atom. The minimum atomic E-state index is 0.179. The summed E-state index contributed by atoms with van der Waals surface area (Å²) in [6.07, 6.45) is 2.05. The number of nitrogens with one attached hydrogen (secondary N) is 1. The van der Waals surface area contributed by atoms with Gasteiger partial charge in [-0.05, 0) is 25.0 Å². The summed E-state index contributed by atoms with van der Waals surface area (Å²) in [5.74, 6) is 0.885. The second kappa shape index (κ2) is 6.73. The standard InChI is InChI=1S/C17H20N4O/c18-12-13-11-17(20-16-4-2-1-3-15(13)16)21-8-5-14(6-9-21)19-7-10-22/h1-4,11,14,19,22H,5-10H2. The van der Waals surface area contributed by atoms with Gasteiger partial charge in [0.2, 0.25) is 0 Å². The van der Waals surface area contributed by atoms with E-state index < -0.39 is 0 Å². The molecule has 22 heavy (non-hydrogen) atoms. The Labute approximate surface area is 130 Å². The number of para-hydroxylation sites is 1. The number of nitrogens with zero attached hydrogens (tertiary/aromatic N) is 3. The van der Waals surface area contributed by atoms with Crippen LogP contribution in [-0.4, -0.2) is 42.4 Å². The van der Waals surface area contributed by atoms with Gasteiger partial charge in [-0.25, -0.2) is 4.98 Å². The van der Waals surface area contributed by atoms with Crippen LogP contribution in [0.25, 0.3) is 10.9 Å². The van der Waals surface area contributed by atoms with E-state index in [0.29, 0.717) is 18.2 Å². The van der Waals surface area contributed by atoms with Gasteiger partial charge in [-0.2, -0.15) is 5.26 Å². The van der Waals surface area contributed by atoms with E-state index >= 15 is 0 Å². The quantitative estimate of drug-likeness (QED) is 0.897. The minimum Gasteiger partial charge on any atom is -0.395 e. The third-order valence-electron chi connectivity index (χ3n) is 4.19. The first-order valence-electron chi connectivity index (χ1n) is 7.71. The Morgan fingerprint density at radius 1 is 1.32 bits per heavy atom. The molecule has 2 heterocycles. The molecule has 1 saturated heterocycles. The first-order valence-corrected chi connectivity index (χ1v) is 7.71. The van der Waals surface area contributed by atoms with Crippen LogP contribution in [0.5, 0.6) is 0 Å². The lowest BCUT2D eigenvalue weighted by atomic mass is 10.0. The van der Waals surface area contributed by atoms with Crippen molar-refractivity contribution in [3.05, 3.63) is 35.9 Å². The smallest absolute Gasteiger partial charge is 0.130 e. The van der Waals surface area contributed by atoms with Crippen LogP contribution >= 0.6 is 0 Å². The summed E-state index contributed by atoms with van der Waals surface area (Å²) < 4.78 is 0. The van der Waals surface area contributed by atoms with Gasteiger partial charge >= 0.3 is 0 Å². The van der Waals surface area contributed by atoms with Gasteiger partial charge in [-0.3, -0.25) is 0 Å². The predicted molar refractivity (Wildman–Crippen MR) is 86.8 cm³/mol. The van der Waals surface area contributed by atoms with E-state index in [4.69, 9.17) is 10.1 Å². The minimum absolute atomic E-state index is 0.179. The lowest BCUT2D eigenvalue weighted by Gasteiger charge is -2.33. The van der Waals surface area contributed by atoms with Crippen molar-refractivity contribution in [2.45, 2.75) is 18.9 Å². The molecule has 0 amide bonds. The SMILES string of the molecule is N#Cc1cc(N2CCC(NCCO)CC2)nc2ccccc12. The number of hydrogen-bond donors (Lipinski definition) is 2. The molecule has 0 radical (unpaired) electrons. The van der Waals surface area contributed by atoms with Crippen molar-refractivity contribution in [2.75, 3.05) is 31.1 Å². The van der Waals surface area contributed by atoms with Crippen LogP contribution in [0.3, 0.4) is 0 Å². The highest BCUT2D eigenvalue weighted by Crippen LogP contribution is 2.24. The first kappa shape index (κ1) is 14.8. The molecule has 0 saturated carbocycles. The number of rotatable bonds is 4. The molecule has 0 bridgehead atoms. The van der Waals surface area contributed by atoms with Crippen molar-refractivity contribution < 1.29 is 5.11 Å². The number of hydrogen-bond acceptors (Lipinski definition) is 5. The van der Waals surface area contributed by atoms with Crippen LogP contribution in [-0.2, 0) is 0 Å².